The number of aliphatic hydroxyl groups is 2. The molecule has 0 radical (unpaired) electrons. The van der Waals surface area contributed by atoms with E-state index < -0.39 is 12.1 Å². The van der Waals surface area contributed by atoms with Gasteiger partial charge >= 0.3 is 5.97 Å². The normalized spacial score (nSPS) is 13.0. The number of unbranched alkanes of at least 4 members (excludes halogenated alkanes) is 11. The number of hydrogen-bond acceptors (Lipinski definition) is 4. The maximum absolute atomic E-state index is 9.86. The number of aliphatic carboxylic acids is 1. The molecule has 5 heteroatoms. The molecule has 0 aliphatic heterocycles. The molecule has 0 aliphatic rings. The van der Waals surface area contributed by atoms with Crippen molar-refractivity contribution in [1.29, 1.82) is 0 Å². The van der Waals surface area contributed by atoms with Crippen molar-refractivity contribution in [3.8, 4) is 0 Å². The molecule has 0 saturated carbocycles. The van der Waals surface area contributed by atoms with Gasteiger partial charge < -0.3 is 21.1 Å². The predicted molar refractivity (Wildman–Crippen MR) is 109 cm³/mol. The van der Waals surface area contributed by atoms with Crippen molar-refractivity contribution in [2.75, 3.05) is 6.54 Å². The summed E-state index contributed by atoms with van der Waals surface area (Å²) in [4.78, 5) is 9.45. The lowest BCUT2D eigenvalue weighted by Gasteiger charge is -2.10. The summed E-state index contributed by atoms with van der Waals surface area (Å²) < 4.78 is 0. The average molecular weight is 376 g/mol. The molecule has 0 fully saturated rings. The van der Waals surface area contributed by atoms with Crippen molar-refractivity contribution in [3.05, 3.63) is 0 Å². The molecule has 0 aromatic heterocycles. The van der Waals surface area contributed by atoms with E-state index in [1.165, 1.54) is 90.4 Å². The highest BCUT2D eigenvalue weighted by molar-refractivity contribution is 5.71. The third-order valence-electron chi connectivity index (χ3n) is 4.49. The number of hydrogen-bond donors (Lipinski definition) is 4. The van der Waals surface area contributed by atoms with Crippen molar-refractivity contribution < 1.29 is 20.1 Å². The molecule has 0 spiro atoms. The monoisotopic (exact) mass is 375 g/mol. The van der Waals surface area contributed by atoms with Gasteiger partial charge in [-0.3, -0.25) is 0 Å². The molecule has 0 rings (SSSR count). The van der Waals surface area contributed by atoms with Gasteiger partial charge in [0.2, 0.25) is 0 Å². The van der Waals surface area contributed by atoms with E-state index in [9.17, 15) is 9.90 Å². The summed E-state index contributed by atoms with van der Waals surface area (Å²) in [6.45, 7) is 4.28. The fourth-order valence-corrected chi connectivity index (χ4v) is 2.71. The minimum absolute atomic E-state index is 0.0388. The third kappa shape index (κ3) is 25.6. The molecule has 2 unspecified atom stereocenters. The smallest absolute Gasteiger partial charge is 0.332 e. The summed E-state index contributed by atoms with van der Waals surface area (Å²) in [6, 6.07) is 0. The van der Waals surface area contributed by atoms with Crippen molar-refractivity contribution in [2.24, 2.45) is 5.73 Å². The van der Waals surface area contributed by atoms with Crippen LogP contribution in [-0.4, -0.2) is 40.0 Å². The van der Waals surface area contributed by atoms with Gasteiger partial charge in [-0.1, -0.05) is 84.0 Å². The highest BCUT2D eigenvalue weighted by Gasteiger charge is 2.03. The van der Waals surface area contributed by atoms with Crippen molar-refractivity contribution in [2.45, 2.75) is 122 Å². The molecular weight excluding hydrogens is 330 g/mol. The zero-order valence-electron chi connectivity index (χ0n) is 17.3. The average Bonchev–Trinajstić information content (AvgIpc) is 2.61. The van der Waals surface area contributed by atoms with Gasteiger partial charge in [-0.2, -0.15) is 0 Å². The van der Waals surface area contributed by atoms with Gasteiger partial charge in [0.25, 0.3) is 0 Å². The van der Waals surface area contributed by atoms with Gasteiger partial charge in [0, 0.05) is 0 Å². The Morgan fingerprint density at radius 2 is 1.12 bits per heavy atom. The maximum atomic E-state index is 9.86. The number of nitrogens with two attached hydrogens (primary N) is 1. The van der Waals surface area contributed by atoms with Gasteiger partial charge in [0.15, 0.2) is 0 Å². The number of carboxylic acid groups (broad SMARTS) is 1. The van der Waals surface area contributed by atoms with Crippen LogP contribution < -0.4 is 5.73 Å². The SMILES string of the molecule is CC(O)C(=O)O.CCCCCCC(O)CCCCCCCCCCCN. The van der Waals surface area contributed by atoms with Crippen LogP contribution in [0.2, 0.25) is 0 Å². The minimum Gasteiger partial charge on any atom is -0.479 e. The Morgan fingerprint density at radius 3 is 1.46 bits per heavy atom. The van der Waals surface area contributed by atoms with Crippen LogP contribution in [0.5, 0.6) is 0 Å². The molecule has 5 nitrogen and oxygen atoms in total. The number of carboxylic acids is 1. The summed E-state index contributed by atoms with van der Waals surface area (Å²) >= 11 is 0. The van der Waals surface area contributed by atoms with Crippen LogP contribution in [0.15, 0.2) is 0 Å². The summed E-state index contributed by atoms with van der Waals surface area (Å²) in [5, 5.41) is 25.6. The highest BCUT2D eigenvalue weighted by atomic mass is 16.4. The molecule has 0 aromatic rings. The number of carbonyl (C=O) groups is 1. The largest absolute Gasteiger partial charge is 0.479 e. The molecule has 0 saturated heterocycles. The standard InChI is InChI=1S/C18H39NO.C3H6O3/c1-2-3-4-12-15-18(20)16-13-10-8-6-5-7-9-11-14-17-19;1-2(4)3(5)6/h18,20H,2-17,19H2,1H3;2,4H,1H3,(H,5,6). The Morgan fingerprint density at radius 1 is 0.769 bits per heavy atom. The topological polar surface area (TPSA) is 104 Å². The third-order valence-corrected chi connectivity index (χ3v) is 4.49. The van der Waals surface area contributed by atoms with Crippen LogP contribution in [-0.2, 0) is 4.79 Å². The second-order valence-electron chi connectivity index (χ2n) is 7.28. The van der Waals surface area contributed by atoms with Gasteiger partial charge in [-0.05, 0) is 32.7 Å². The zero-order chi connectivity index (χ0) is 20.0. The first-order valence-corrected chi connectivity index (χ1v) is 10.7. The van der Waals surface area contributed by atoms with Gasteiger partial charge in [0.05, 0.1) is 6.10 Å². The Balaban J connectivity index is 0. The van der Waals surface area contributed by atoms with Crippen LogP contribution in [0.25, 0.3) is 0 Å². The lowest BCUT2D eigenvalue weighted by molar-refractivity contribution is -0.145. The molecule has 2 atom stereocenters. The van der Waals surface area contributed by atoms with Crippen LogP contribution in [0.4, 0.5) is 0 Å². The Labute approximate surface area is 161 Å². The second kappa shape index (κ2) is 22.4. The molecular formula is C21H45NO4. The Bertz CT molecular complexity index is 285. The lowest BCUT2D eigenvalue weighted by Crippen LogP contribution is -2.13. The highest BCUT2D eigenvalue weighted by Crippen LogP contribution is 2.14. The van der Waals surface area contributed by atoms with E-state index in [4.69, 9.17) is 15.9 Å². The molecule has 158 valence electrons. The van der Waals surface area contributed by atoms with Crippen molar-refractivity contribution in [1.82, 2.24) is 0 Å². The summed E-state index contributed by atoms with van der Waals surface area (Å²) in [7, 11) is 0. The van der Waals surface area contributed by atoms with E-state index in [0.717, 1.165) is 19.4 Å². The molecule has 0 aliphatic carbocycles. The molecule has 0 aromatic carbocycles. The van der Waals surface area contributed by atoms with Crippen molar-refractivity contribution >= 4 is 5.97 Å². The first-order valence-electron chi connectivity index (χ1n) is 10.7. The van der Waals surface area contributed by atoms with E-state index in [1.54, 1.807) is 0 Å². The molecule has 5 N–H and O–H groups in total. The Kier molecular flexibility index (Phi) is 23.7. The van der Waals surface area contributed by atoms with Crippen LogP contribution in [0.1, 0.15) is 110 Å². The van der Waals surface area contributed by atoms with Gasteiger partial charge in [-0.25, -0.2) is 4.79 Å². The van der Waals surface area contributed by atoms with Crippen LogP contribution in [0, 0.1) is 0 Å². The maximum Gasteiger partial charge on any atom is 0.332 e. The van der Waals surface area contributed by atoms with E-state index in [-0.39, 0.29) is 6.10 Å². The molecule has 0 bridgehead atoms. The Hall–Kier alpha value is -0.650. The van der Waals surface area contributed by atoms with Gasteiger partial charge in [0.1, 0.15) is 6.10 Å². The van der Waals surface area contributed by atoms with E-state index >= 15 is 0 Å². The van der Waals surface area contributed by atoms with Crippen LogP contribution in [0.3, 0.4) is 0 Å². The molecule has 0 heterocycles. The molecule has 0 amide bonds. The van der Waals surface area contributed by atoms with Crippen molar-refractivity contribution in [3.63, 3.8) is 0 Å². The van der Waals surface area contributed by atoms with Crippen LogP contribution >= 0.6 is 0 Å². The first-order chi connectivity index (χ1) is 12.5. The predicted octanol–water partition coefficient (Wildman–Crippen LogP) is 4.63. The van der Waals surface area contributed by atoms with E-state index in [2.05, 4.69) is 6.92 Å². The van der Waals surface area contributed by atoms with Gasteiger partial charge in [-0.15, -0.1) is 0 Å². The first kappa shape index (κ1) is 27.6. The molecule has 26 heavy (non-hydrogen) atoms. The summed E-state index contributed by atoms with van der Waals surface area (Å²) in [5.74, 6) is -1.19. The fourth-order valence-electron chi connectivity index (χ4n) is 2.71. The minimum atomic E-state index is -1.23. The quantitative estimate of drug-likeness (QED) is 0.277. The second-order valence-corrected chi connectivity index (χ2v) is 7.28. The number of aliphatic hydroxyl groups excluding tert-OH is 2. The summed E-state index contributed by atoms with van der Waals surface area (Å²) in [6.07, 6.45) is 17.7. The lowest BCUT2D eigenvalue weighted by atomic mass is 10.0. The zero-order valence-corrected chi connectivity index (χ0v) is 17.3. The van der Waals surface area contributed by atoms with E-state index in [0.29, 0.717) is 0 Å². The fraction of sp³-hybridized carbons (Fsp3) is 0.952. The van der Waals surface area contributed by atoms with E-state index in [1.807, 2.05) is 0 Å². The number of rotatable bonds is 17. The summed E-state index contributed by atoms with van der Waals surface area (Å²) in [5.41, 5.74) is 5.47.